The average Bonchev–Trinajstić information content (AvgIpc) is 3.07. The number of rotatable bonds is 1. The van der Waals surface area contributed by atoms with E-state index in [0.29, 0.717) is 22.3 Å². The minimum absolute atomic E-state index is 0.0124. The van der Waals surface area contributed by atoms with Gasteiger partial charge < -0.3 is 5.11 Å². The molecule has 2 aromatic rings. The molecule has 0 bridgehead atoms. The molecule has 2 aromatic carbocycles. The molecule has 0 amide bonds. The predicted octanol–water partition coefficient (Wildman–Crippen LogP) is 5.75. The van der Waals surface area contributed by atoms with E-state index in [0.717, 1.165) is 11.1 Å². The summed E-state index contributed by atoms with van der Waals surface area (Å²) in [5.74, 6) is -1.40. The Morgan fingerprint density at radius 3 is 1.61 bits per heavy atom. The van der Waals surface area contributed by atoms with Crippen LogP contribution in [0.15, 0.2) is 53.6 Å². The number of benzene rings is 2. The van der Waals surface area contributed by atoms with E-state index in [1.807, 2.05) is 53.7 Å². The molecule has 0 saturated carbocycles. The molecule has 0 unspecified atom stereocenters. The normalized spacial score (nSPS) is 17.6. The minimum atomic E-state index is -0.417. The highest BCUT2D eigenvalue weighted by Crippen LogP contribution is 2.37. The van der Waals surface area contributed by atoms with Crippen LogP contribution in [-0.2, 0) is 10.8 Å². The third-order valence-electron chi connectivity index (χ3n) is 6.04. The maximum Gasteiger partial charge on any atom is 0.197 e. The molecule has 0 spiro atoms. The molecule has 0 heterocycles. The van der Waals surface area contributed by atoms with Crippen molar-refractivity contribution in [3.8, 4) is 0 Å². The third-order valence-corrected chi connectivity index (χ3v) is 6.04. The molecule has 0 aliphatic heterocycles. The van der Waals surface area contributed by atoms with Crippen molar-refractivity contribution in [2.75, 3.05) is 0 Å². The van der Waals surface area contributed by atoms with Gasteiger partial charge >= 0.3 is 0 Å². The first-order valence-electron chi connectivity index (χ1n) is 10.4. The molecule has 0 radical (unpaired) electrons. The van der Waals surface area contributed by atoms with Gasteiger partial charge in [0.2, 0.25) is 0 Å². The highest BCUT2D eigenvalue weighted by Gasteiger charge is 2.37. The largest absolute Gasteiger partial charge is 0.507 e. The van der Waals surface area contributed by atoms with E-state index in [9.17, 15) is 19.5 Å². The summed E-state index contributed by atoms with van der Waals surface area (Å²) in [6.45, 7) is 12.3. The Morgan fingerprint density at radius 1 is 0.645 bits per heavy atom. The van der Waals surface area contributed by atoms with Crippen LogP contribution in [-0.4, -0.2) is 22.5 Å². The summed E-state index contributed by atoms with van der Waals surface area (Å²) in [5, 5.41) is 10.8. The number of ketones is 3. The van der Waals surface area contributed by atoms with Gasteiger partial charge in [0, 0.05) is 22.3 Å². The highest BCUT2D eigenvalue weighted by atomic mass is 16.3. The van der Waals surface area contributed by atoms with Crippen LogP contribution in [0.1, 0.15) is 89.3 Å². The number of hydrogen-bond acceptors (Lipinski definition) is 4. The number of Topliss-reactive ketones (excluding diaryl/α,β-unsaturated/α-hetero) is 3. The van der Waals surface area contributed by atoms with Gasteiger partial charge in [-0.1, -0.05) is 53.7 Å². The Morgan fingerprint density at radius 2 is 1.10 bits per heavy atom. The van der Waals surface area contributed by atoms with E-state index in [1.54, 1.807) is 24.3 Å². The quantitative estimate of drug-likeness (QED) is 0.476. The van der Waals surface area contributed by atoms with Crippen LogP contribution in [0.5, 0.6) is 0 Å². The molecule has 4 heteroatoms. The third kappa shape index (κ3) is 3.27. The first-order valence-corrected chi connectivity index (χ1v) is 10.4. The molecule has 1 N–H and O–H groups in total. The summed E-state index contributed by atoms with van der Waals surface area (Å²) in [7, 11) is 0. The van der Waals surface area contributed by atoms with E-state index < -0.39 is 11.6 Å². The van der Waals surface area contributed by atoms with Gasteiger partial charge in [-0.25, -0.2) is 0 Å². The first kappa shape index (κ1) is 21.0. The number of aliphatic hydroxyl groups excluding tert-OH is 1. The number of allylic oxidation sites excluding steroid dienone is 3. The maximum atomic E-state index is 13.0. The van der Waals surface area contributed by atoms with Gasteiger partial charge in [0.1, 0.15) is 5.76 Å². The lowest BCUT2D eigenvalue weighted by atomic mass is 9.85. The van der Waals surface area contributed by atoms with Crippen molar-refractivity contribution in [3.05, 3.63) is 87.0 Å². The molecule has 0 fully saturated rings. The smallest absolute Gasteiger partial charge is 0.197 e. The second kappa shape index (κ2) is 6.61. The van der Waals surface area contributed by atoms with Crippen molar-refractivity contribution in [1.82, 2.24) is 0 Å². The minimum Gasteiger partial charge on any atom is -0.507 e. The molecule has 31 heavy (non-hydrogen) atoms. The standard InChI is InChI=1S/C27H26O4/c1-26(2,3)14-7-9-16-18(11-14)24(30)20(22(16)28)13-21-23(29)17-10-8-15(27(4,5)6)12-19(17)25(21)31/h7-13,30H,1-6H3. The van der Waals surface area contributed by atoms with Crippen molar-refractivity contribution in [2.45, 2.75) is 52.4 Å². The lowest BCUT2D eigenvalue weighted by Crippen LogP contribution is -2.12. The van der Waals surface area contributed by atoms with Crippen molar-refractivity contribution in [1.29, 1.82) is 0 Å². The van der Waals surface area contributed by atoms with E-state index in [-0.39, 0.29) is 33.5 Å². The number of carbonyl (C=O) groups is 3. The van der Waals surface area contributed by atoms with Gasteiger partial charge in [-0.15, -0.1) is 0 Å². The van der Waals surface area contributed by atoms with Crippen LogP contribution >= 0.6 is 0 Å². The Balaban J connectivity index is 1.79. The summed E-state index contributed by atoms with van der Waals surface area (Å²) in [4.78, 5) is 38.9. The summed E-state index contributed by atoms with van der Waals surface area (Å²) < 4.78 is 0. The van der Waals surface area contributed by atoms with E-state index >= 15 is 0 Å². The van der Waals surface area contributed by atoms with Crippen LogP contribution in [0.25, 0.3) is 5.76 Å². The predicted molar refractivity (Wildman–Crippen MR) is 121 cm³/mol. The number of fused-ring (bicyclic) bond motifs is 2. The van der Waals surface area contributed by atoms with Gasteiger partial charge in [-0.3, -0.25) is 14.4 Å². The molecule has 4 rings (SSSR count). The summed E-state index contributed by atoms with van der Waals surface area (Å²) in [5.41, 5.74) is 3.02. The van der Waals surface area contributed by atoms with Crippen molar-refractivity contribution < 1.29 is 19.5 Å². The number of carbonyl (C=O) groups excluding carboxylic acids is 3. The molecule has 4 nitrogen and oxygen atoms in total. The Kier molecular flexibility index (Phi) is 4.48. The number of hydrogen-bond donors (Lipinski definition) is 1. The fourth-order valence-corrected chi connectivity index (χ4v) is 4.00. The fraction of sp³-hybridized carbons (Fsp3) is 0.296. The molecule has 2 aliphatic carbocycles. The summed E-state index contributed by atoms with van der Waals surface area (Å²) >= 11 is 0. The zero-order valence-electron chi connectivity index (χ0n) is 18.7. The zero-order valence-corrected chi connectivity index (χ0v) is 18.7. The molecule has 0 saturated heterocycles. The monoisotopic (exact) mass is 414 g/mol. The van der Waals surface area contributed by atoms with Gasteiger partial charge in [0.05, 0.1) is 11.1 Å². The van der Waals surface area contributed by atoms with Gasteiger partial charge in [-0.05, 0) is 52.3 Å². The average molecular weight is 415 g/mol. The van der Waals surface area contributed by atoms with Crippen LogP contribution in [0.3, 0.4) is 0 Å². The SMILES string of the molecule is CC(C)(C)c1ccc2c(c1)C(=O)C(=CC1=C(O)c3cc(C(C)(C)C)ccc3C1=O)C2=O. The first-order chi connectivity index (χ1) is 14.3. The van der Waals surface area contributed by atoms with E-state index in [2.05, 4.69) is 0 Å². The lowest BCUT2D eigenvalue weighted by Gasteiger charge is -2.19. The molecule has 158 valence electrons. The van der Waals surface area contributed by atoms with Gasteiger partial charge in [-0.2, -0.15) is 0 Å². The summed E-state index contributed by atoms with van der Waals surface area (Å²) in [6.07, 6.45) is 1.26. The van der Waals surface area contributed by atoms with E-state index in [4.69, 9.17) is 0 Å². The van der Waals surface area contributed by atoms with E-state index in [1.165, 1.54) is 6.08 Å². The fourth-order valence-electron chi connectivity index (χ4n) is 4.00. The zero-order chi connectivity index (χ0) is 22.9. The number of aliphatic hydroxyl groups is 1. The highest BCUT2D eigenvalue weighted by molar-refractivity contribution is 6.40. The van der Waals surface area contributed by atoms with Crippen LogP contribution in [0.4, 0.5) is 0 Å². The van der Waals surface area contributed by atoms with Gasteiger partial charge in [0.25, 0.3) is 0 Å². The van der Waals surface area contributed by atoms with Crippen LogP contribution in [0, 0.1) is 0 Å². The van der Waals surface area contributed by atoms with Gasteiger partial charge in [0.15, 0.2) is 17.3 Å². The molecule has 0 aromatic heterocycles. The molecule has 2 aliphatic rings. The van der Waals surface area contributed by atoms with Crippen molar-refractivity contribution >= 4 is 23.1 Å². The second-order valence-corrected chi connectivity index (χ2v) is 10.3. The molecular weight excluding hydrogens is 388 g/mol. The van der Waals surface area contributed by atoms with Crippen LogP contribution in [0.2, 0.25) is 0 Å². The van der Waals surface area contributed by atoms with Crippen molar-refractivity contribution in [3.63, 3.8) is 0 Å². The Labute approximate surface area is 182 Å². The second-order valence-electron chi connectivity index (χ2n) is 10.3. The molecule has 0 atom stereocenters. The summed E-state index contributed by atoms with van der Waals surface area (Å²) in [6, 6.07) is 10.7. The Hall–Kier alpha value is -3.27. The molecular formula is C27H26O4. The van der Waals surface area contributed by atoms with Crippen molar-refractivity contribution in [2.24, 2.45) is 0 Å². The topological polar surface area (TPSA) is 71.4 Å². The maximum absolute atomic E-state index is 13.0. The van der Waals surface area contributed by atoms with Crippen LogP contribution < -0.4 is 0 Å². The lowest BCUT2D eigenvalue weighted by molar-refractivity contribution is 0.0988. The Bertz CT molecular complexity index is 1240.